The quantitative estimate of drug-likeness (QED) is 0.610. The summed E-state index contributed by atoms with van der Waals surface area (Å²) in [6.45, 7) is 0.0457. The molecule has 0 fully saturated rings. The van der Waals surface area contributed by atoms with E-state index in [1.807, 2.05) is 0 Å². The zero-order chi connectivity index (χ0) is 12.9. The van der Waals surface area contributed by atoms with Crippen molar-refractivity contribution in [3.8, 4) is 11.8 Å². The molecule has 92 valence electrons. The van der Waals surface area contributed by atoms with Crippen LogP contribution in [-0.2, 0) is 9.05 Å². The Labute approximate surface area is 103 Å². The molecule has 0 radical (unpaired) electrons. The van der Waals surface area contributed by atoms with Gasteiger partial charge in [0, 0.05) is 10.7 Å². The Bertz CT molecular complexity index is 539. The van der Waals surface area contributed by atoms with Gasteiger partial charge in [0.25, 0.3) is 0 Å². The van der Waals surface area contributed by atoms with Crippen molar-refractivity contribution in [2.75, 3.05) is 12.4 Å². The maximum absolute atomic E-state index is 13.1. The lowest BCUT2D eigenvalue weighted by atomic mass is 10.2. The van der Waals surface area contributed by atoms with Crippen molar-refractivity contribution in [1.29, 1.82) is 5.26 Å². The van der Waals surface area contributed by atoms with E-state index in [2.05, 4.69) is 0 Å². The van der Waals surface area contributed by atoms with Gasteiger partial charge in [0.2, 0.25) is 9.05 Å². The van der Waals surface area contributed by atoms with Gasteiger partial charge in [0.15, 0.2) is 0 Å². The highest BCUT2D eigenvalue weighted by Gasteiger charge is 2.09. The van der Waals surface area contributed by atoms with Crippen molar-refractivity contribution < 1.29 is 17.5 Å². The molecule has 7 heteroatoms. The summed E-state index contributed by atoms with van der Waals surface area (Å²) in [4.78, 5) is 0. The molecule has 0 aliphatic carbocycles. The van der Waals surface area contributed by atoms with E-state index in [9.17, 15) is 12.8 Å². The molecular formula is C10H9ClFNO3S. The third kappa shape index (κ3) is 4.59. The number of hydrogen-bond acceptors (Lipinski definition) is 4. The third-order valence-corrected chi connectivity index (χ3v) is 3.12. The van der Waals surface area contributed by atoms with Crippen LogP contribution in [0.4, 0.5) is 4.39 Å². The minimum atomic E-state index is -3.55. The summed E-state index contributed by atoms with van der Waals surface area (Å²) < 4.78 is 39.5. The lowest BCUT2D eigenvalue weighted by molar-refractivity contribution is 0.315. The SMILES string of the molecule is N#Cc1c(F)cccc1OCCCS(=O)(=O)Cl. The molecule has 1 rings (SSSR count). The highest BCUT2D eigenvalue weighted by molar-refractivity contribution is 8.13. The Morgan fingerprint density at radius 3 is 2.76 bits per heavy atom. The lowest BCUT2D eigenvalue weighted by Gasteiger charge is -2.07. The molecular weight excluding hydrogens is 269 g/mol. The monoisotopic (exact) mass is 277 g/mol. The van der Waals surface area contributed by atoms with Crippen LogP contribution in [0.25, 0.3) is 0 Å². The van der Waals surface area contributed by atoms with E-state index in [1.54, 1.807) is 6.07 Å². The number of nitrogens with zero attached hydrogens (tertiary/aromatic N) is 1. The fourth-order valence-corrected chi connectivity index (χ4v) is 1.94. The Balaban J connectivity index is 2.59. The first-order chi connectivity index (χ1) is 7.94. The van der Waals surface area contributed by atoms with Crippen molar-refractivity contribution in [2.45, 2.75) is 6.42 Å². The van der Waals surface area contributed by atoms with Gasteiger partial charge < -0.3 is 4.74 Å². The molecule has 0 bridgehead atoms. The standard InChI is InChI=1S/C10H9ClFNO3S/c11-17(14,15)6-2-5-16-10-4-1-3-9(12)8(10)7-13/h1,3-4H,2,5-6H2. The van der Waals surface area contributed by atoms with Crippen LogP contribution in [0.3, 0.4) is 0 Å². The fourth-order valence-electron chi connectivity index (χ4n) is 1.15. The van der Waals surface area contributed by atoms with E-state index in [0.29, 0.717) is 0 Å². The van der Waals surface area contributed by atoms with Gasteiger partial charge in [-0.25, -0.2) is 12.8 Å². The van der Waals surface area contributed by atoms with Crippen LogP contribution in [-0.4, -0.2) is 20.8 Å². The van der Waals surface area contributed by atoms with E-state index in [0.717, 1.165) is 6.07 Å². The minimum Gasteiger partial charge on any atom is -0.492 e. The Morgan fingerprint density at radius 2 is 2.18 bits per heavy atom. The van der Waals surface area contributed by atoms with E-state index < -0.39 is 14.9 Å². The average Bonchev–Trinajstić information content (AvgIpc) is 2.23. The molecule has 0 aliphatic heterocycles. The second-order valence-electron chi connectivity index (χ2n) is 3.17. The molecule has 17 heavy (non-hydrogen) atoms. The normalized spacial score (nSPS) is 10.9. The number of nitriles is 1. The lowest BCUT2D eigenvalue weighted by Crippen LogP contribution is -2.06. The van der Waals surface area contributed by atoms with Crippen LogP contribution in [0.15, 0.2) is 18.2 Å². The maximum Gasteiger partial charge on any atom is 0.232 e. The number of rotatable bonds is 5. The molecule has 0 aromatic heterocycles. The first-order valence-electron chi connectivity index (χ1n) is 4.68. The Kier molecular flexibility index (Phi) is 4.73. The summed E-state index contributed by atoms with van der Waals surface area (Å²) >= 11 is 0. The topological polar surface area (TPSA) is 67.2 Å². The molecule has 4 nitrogen and oxygen atoms in total. The largest absolute Gasteiger partial charge is 0.492 e. The van der Waals surface area contributed by atoms with Crippen molar-refractivity contribution in [3.63, 3.8) is 0 Å². The van der Waals surface area contributed by atoms with Crippen LogP contribution >= 0.6 is 10.7 Å². The molecule has 0 unspecified atom stereocenters. The van der Waals surface area contributed by atoms with Crippen LogP contribution in [0.1, 0.15) is 12.0 Å². The molecule has 0 atom stereocenters. The summed E-state index contributed by atoms with van der Waals surface area (Å²) in [6, 6.07) is 5.67. The third-order valence-electron chi connectivity index (χ3n) is 1.88. The van der Waals surface area contributed by atoms with Crippen molar-refractivity contribution in [1.82, 2.24) is 0 Å². The highest BCUT2D eigenvalue weighted by atomic mass is 35.7. The molecule has 0 saturated carbocycles. The smallest absolute Gasteiger partial charge is 0.232 e. The zero-order valence-corrected chi connectivity index (χ0v) is 10.3. The van der Waals surface area contributed by atoms with E-state index in [1.165, 1.54) is 12.1 Å². The van der Waals surface area contributed by atoms with Gasteiger partial charge >= 0.3 is 0 Å². The molecule has 0 saturated heterocycles. The zero-order valence-electron chi connectivity index (χ0n) is 8.69. The predicted octanol–water partition coefficient (Wildman–Crippen LogP) is 2.03. The fraction of sp³-hybridized carbons (Fsp3) is 0.300. The van der Waals surface area contributed by atoms with Crippen molar-refractivity contribution >= 4 is 19.7 Å². The maximum atomic E-state index is 13.1. The van der Waals surface area contributed by atoms with Gasteiger partial charge in [-0.15, -0.1) is 0 Å². The van der Waals surface area contributed by atoms with Crippen LogP contribution < -0.4 is 4.74 Å². The number of halogens is 2. The van der Waals surface area contributed by atoms with Crippen molar-refractivity contribution in [3.05, 3.63) is 29.6 Å². The van der Waals surface area contributed by atoms with E-state index >= 15 is 0 Å². The molecule has 0 amide bonds. The predicted molar refractivity (Wildman–Crippen MR) is 60.9 cm³/mol. The number of hydrogen-bond donors (Lipinski definition) is 0. The summed E-state index contributed by atoms with van der Waals surface area (Å²) in [6.07, 6.45) is 0.174. The van der Waals surface area contributed by atoms with Crippen molar-refractivity contribution in [2.24, 2.45) is 0 Å². The van der Waals surface area contributed by atoms with E-state index in [-0.39, 0.29) is 30.1 Å². The summed E-state index contributed by atoms with van der Waals surface area (Å²) in [5.74, 6) is -0.805. The first kappa shape index (κ1) is 13.7. The van der Waals surface area contributed by atoms with Gasteiger partial charge in [0.05, 0.1) is 12.4 Å². The summed E-state index contributed by atoms with van der Waals surface area (Å²) in [5, 5.41) is 8.70. The second kappa shape index (κ2) is 5.84. The van der Waals surface area contributed by atoms with Crippen LogP contribution in [0.5, 0.6) is 5.75 Å². The van der Waals surface area contributed by atoms with Crippen LogP contribution in [0.2, 0.25) is 0 Å². The second-order valence-corrected chi connectivity index (χ2v) is 6.07. The Morgan fingerprint density at radius 1 is 1.47 bits per heavy atom. The molecule has 0 N–H and O–H groups in total. The summed E-state index contributed by atoms with van der Waals surface area (Å²) in [7, 11) is 1.45. The van der Waals surface area contributed by atoms with E-state index in [4.69, 9.17) is 20.7 Å². The number of benzene rings is 1. The first-order valence-corrected chi connectivity index (χ1v) is 7.15. The molecule has 1 aromatic carbocycles. The minimum absolute atomic E-state index is 0.0457. The molecule has 1 aromatic rings. The average molecular weight is 278 g/mol. The summed E-state index contributed by atoms with van der Waals surface area (Å²) in [5.41, 5.74) is -0.193. The Hall–Kier alpha value is -1.32. The molecule has 0 aliphatic rings. The van der Waals surface area contributed by atoms with Gasteiger partial charge in [-0.1, -0.05) is 6.07 Å². The van der Waals surface area contributed by atoms with Gasteiger partial charge in [-0.05, 0) is 18.6 Å². The van der Waals surface area contributed by atoms with Gasteiger partial charge in [-0.2, -0.15) is 5.26 Å². The van der Waals surface area contributed by atoms with Gasteiger partial charge in [-0.3, -0.25) is 0 Å². The number of ether oxygens (including phenoxy) is 1. The molecule has 0 spiro atoms. The highest BCUT2D eigenvalue weighted by Crippen LogP contribution is 2.20. The van der Waals surface area contributed by atoms with Crippen LogP contribution in [0, 0.1) is 17.1 Å². The molecule has 0 heterocycles. The van der Waals surface area contributed by atoms with Gasteiger partial charge in [0.1, 0.15) is 23.2 Å².